The Bertz CT molecular complexity index is 626. The number of carbonyl (C=O) groups is 1. The van der Waals surface area contributed by atoms with Crippen LogP contribution in [0.1, 0.15) is 27.2 Å². The van der Waals surface area contributed by atoms with E-state index in [2.05, 4.69) is 40.4 Å². The maximum Gasteiger partial charge on any atom is 0.339 e. The van der Waals surface area contributed by atoms with Gasteiger partial charge in [0.1, 0.15) is 0 Å². The summed E-state index contributed by atoms with van der Waals surface area (Å²) in [5.41, 5.74) is 3.08. The van der Waals surface area contributed by atoms with Crippen LogP contribution in [0.15, 0.2) is 30.5 Å². The van der Waals surface area contributed by atoms with Crippen LogP contribution in [0.5, 0.6) is 0 Å². The third kappa shape index (κ3) is 3.54. The summed E-state index contributed by atoms with van der Waals surface area (Å²) in [6.45, 7) is 4.43. The molecule has 5 heteroatoms. The maximum atomic E-state index is 10.9. The van der Waals surface area contributed by atoms with Gasteiger partial charge < -0.3 is 10.4 Å². The molecule has 0 saturated carbocycles. The number of hydrogen-bond donors (Lipinski definition) is 2. The van der Waals surface area contributed by atoms with Crippen molar-refractivity contribution >= 4 is 11.9 Å². The van der Waals surface area contributed by atoms with Crippen LogP contribution < -0.4 is 5.32 Å². The molecule has 0 aliphatic carbocycles. The Labute approximate surface area is 117 Å². The maximum absolute atomic E-state index is 10.9. The molecule has 2 aromatic rings. The molecule has 104 valence electrons. The van der Waals surface area contributed by atoms with E-state index in [0.29, 0.717) is 18.2 Å². The molecule has 0 atom stereocenters. The Balaban J connectivity index is 1.94. The van der Waals surface area contributed by atoms with Gasteiger partial charge >= 0.3 is 5.97 Å². The van der Waals surface area contributed by atoms with Crippen molar-refractivity contribution in [2.24, 2.45) is 0 Å². The molecule has 2 N–H and O–H groups in total. The Hall–Kier alpha value is -2.43. The SMILES string of the molecule is Cc1cccc(CCNc2ncc(C(=O)O)c(C)n2)c1. The number of carboxylic acid groups (broad SMARTS) is 1. The first-order valence-corrected chi connectivity index (χ1v) is 6.42. The number of nitrogens with one attached hydrogen (secondary N) is 1. The van der Waals surface area contributed by atoms with Crippen molar-refractivity contribution in [3.8, 4) is 0 Å². The molecule has 0 unspecified atom stereocenters. The molecular formula is C15H17N3O2. The molecule has 1 aromatic carbocycles. The lowest BCUT2D eigenvalue weighted by atomic mass is 10.1. The van der Waals surface area contributed by atoms with Gasteiger partial charge in [-0.15, -0.1) is 0 Å². The minimum atomic E-state index is -1.01. The first-order chi connectivity index (χ1) is 9.56. The van der Waals surface area contributed by atoms with Gasteiger partial charge in [-0.05, 0) is 25.8 Å². The summed E-state index contributed by atoms with van der Waals surface area (Å²) in [5.74, 6) is -0.547. The molecule has 0 bridgehead atoms. The topological polar surface area (TPSA) is 75.1 Å². The number of benzene rings is 1. The van der Waals surface area contributed by atoms with Crippen molar-refractivity contribution in [1.29, 1.82) is 0 Å². The quantitative estimate of drug-likeness (QED) is 0.873. The van der Waals surface area contributed by atoms with Crippen molar-refractivity contribution in [2.75, 3.05) is 11.9 Å². The normalized spacial score (nSPS) is 10.3. The Morgan fingerprint density at radius 2 is 2.15 bits per heavy atom. The van der Waals surface area contributed by atoms with Gasteiger partial charge in [0, 0.05) is 12.7 Å². The lowest BCUT2D eigenvalue weighted by Crippen LogP contribution is -2.11. The Morgan fingerprint density at radius 3 is 2.80 bits per heavy atom. The van der Waals surface area contributed by atoms with E-state index in [9.17, 15) is 4.79 Å². The summed E-state index contributed by atoms with van der Waals surface area (Å²) in [7, 11) is 0. The predicted molar refractivity (Wildman–Crippen MR) is 77.1 cm³/mol. The number of aryl methyl sites for hydroxylation is 2. The van der Waals surface area contributed by atoms with Gasteiger partial charge in [0.15, 0.2) is 0 Å². The lowest BCUT2D eigenvalue weighted by molar-refractivity contribution is 0.0695. The van der Waals surface area contributed by atoms with Gasteiger partial charge in [-0.25, -0.2) is 14.8 Å². The summed E-state index contributed by atoms with van der Waals surface area (Å²) in [6.07, 6.45) is 2.20. The summed E-state index contributed by atoms with van der Waals surface area (Å²) < 4.78 is 0. The molecule has 20 heavy (non-hydrogen) atoms. The average molecular weight is 271 g/mol. The smallest absolute Gasteiger partial charge is 0.339 e. The average Bonchev–Trinajstić information content (AvgIpc) is 2.38. The number of aromatic carboxylic acids is 1. The van der Waals surface area contributed by atoms with Crippen LogP contribution in [0.3, 0.4) is 0 Å². The first kappa shape index (κ1) is 14.0. The van der Waals surface area contributed by atoms with Crippen molar-refractivity contribution < 1.29 is 9.90 Å². The van der Waals surface area contributed by atoms with Crippen molar-refractivity contribution in [3.63, 3.8) is 0 Å². The minimum Gasteiger partial charge on any atom is -0.478 e. The van der Waals surface area contributed by atoms with E-state index in [1.807, 2.05) is 6.07 Å². The molecule has 1 heterocycles. The second-order valence-corrected chi connectivity index (χ2v) is 4.66. The number of aromatic nitrogens is 2. The van der Waals surface area contributed by atoms with Crippen LogP contribution in [-0.2, 0) is 6.42 Å². The molecule has 0 aliphatic rings. The number of anilines is 1. The van der Waals surface area contributed by atoms with Crippen LogP contribution in [0, 0.1) is 13.8 Å². The fraction of sp³-hybridized carbons (Fsp3) is 0.267. The molecule has 0 saturated heterocycles. The highest BCUT2D eigenvalue weighted by molar-refractivity contribution is 5.88. The van der Waals surface area contributed by atoms with Crippen LogP contribution in [0.4, 0.5) is 5.95 Å². The van der Waals surface area contributed by atoms with Gasteiger partial charge in [0.25, 0.3) is 0 Å². The predicted octanol–water partition coefficient (Wildman–Crippen LogP) is 2.45. The zero-order valence-electron chi connectivity index (χ0n) is 11.6. The molecular weight excluding hydrogens is 254 g/mol. The van der Waals surface area contributed by atoms with E-state index in [-0.39, 0.29) is 5.56 Å². The molecule has 0 radical (unpaired) electrons. The molecule has 2 rings (SSSR count). The fourth-order valence-corrected chi connectivity index (χ4v) is 1.95. The third-order valence-corrected chi connectivity index (χ3v) is 2.99. The van der Waals surface area contributed by atoms with Crippen LogP contribution in [-0.4, -0.2) is 27.6 Å². The Morgan fingerprint density at radius 1 is 1.35 bits per heavy atom. The van der Waals surface area contributed by atoms with Gasteiger partial charge in [0.05, 0.1) is 11.3 Å². The van der Waals surface area contributed by atoms with E-state index in [0.717, 1.165) is 6.42 Å². The van der Waals surface area contributed by atoms with E-state index in [4.69, 9.17) is 5.11 Å². The zero-order valence-corrected chi connectivity index (χ0v) is 11.6. The molecule has 1 aromatic heterocycles. The standard InChI is InChI=1S/C15H17N3O2/c1-10-4-3-5-12(8-10)6-7-16-15-17-9-13(14(19)20)11(2)18-15/h3-5,8-9H,6-7H2,1-2H3,(H,19,20)(H,16,17,18). The lowest BCUT2D eigenvalue weighted by Gasteiger charge is -2.07. The summed E-state index contributed by atoms with van der Waals surface area (Å²) in [5, 5.41) is 12.0. The zero-order chi connectivity index (χ0) is 14.5. The van der Waals surface area contributed by atoms with E-state index in [1.54, 1.807) is 6.92 Å². The monoisotopic (exact) mass is 271 g/mol. The third-order valence-electron chi connectivity index (χ3n) is 2.99. The highest BCUT2D eigenvalue weighted by atomic mass is 16.4. The van der Waals surface area contributed by atoms with Gasteiger partial charge in [-0.3, -0.25) is 0 Å². The highest BCUT2D eigenvalue weighted by Crippen LogP contribution is 2.08. The van der Waals surface area contributed by atoms with Crippen molar-refractivity contribution in [2.45, 2.75) is 20.3 Å². The van der Waals surface area contributed by atoms with E-state index in [1.165, 1.54) is 17.3 Å². The van der Waals surface area contributed by atoms with Crippen LogP contribution in [0.25, 0.3) is 0 Å². The molecule has 0 spiro atoms. The van der Waals surface area contributed by atoms with Crippen molar-refractivity contribution in [3.05, 3.63) is 52.8 Å². The van der Waals surface area contributed by atoms with Crippen LogP contribution >= 0.6 is 0 Å². The number of rotatable bonds is 5. The largest absolute Gasteiger partial charge is 0.478 e. The van der Waals surface area contributed by atoms with Gasteiger partial charge in [-0.2, -0.15) is 0 Å². The summed E-state index contributed by atoms with van der Waals surface area (Å²) in [6, 6.07) is 8.32. The van der Waals surface area contributed by atoms with Gasteiger partial charge in [-0.1, -0.05) is 29.8 Å². The fourth-order valence-electron chi connectivity index (χ4n) is 1.95. The summed E-state index contributed by atoms with van der Waals surface area (Å²) >= 11 is 0. The number of hydrogen-bond acceptors (Lipinski definition) is 4. The second-order valence-electron chi connectivity index (χ2n) is 4.66. The molecule has 0 amide bonds. The van der Waals surface area contributed by atoms with Crippen molar-refractivity contribution in [1.82, 2.24) is 9.97 Å². The number of nitrogens with zero attached hydrogens (tertiary/aromatic N) is 2. The summed E-state index contributed by atoms with van der Waals surface area (Å²) in [4.78, 5) is 19.0. The van der Waals surface area contributed by atoms with E-state index >= 15 is 0 Å². The Kier molecular flexibility index (Phi) is 4.30. The highest BCUT2D eigenvalue weighted by Gasteiger charge is 2.09. The molecule has 0 aliphatic heterocycles. The molecule has 0 fully saturated rings. The molecule has 5 nitrogen and oxygen atoms in total. The second kappa shape index (κ2) is 6.14. The number of carboxylic acids is 1. The minimum absolute atomic E-state index is 0.134. The van der Waals surface area contributed by atoms with Gasteiger partial charge in [0.2, 0.25) is 5.95 Å². The van der Waals surface area contributed by atoms with E-state index < -0.39 is 5.97 Å². The van der Waals surface area contributed by atoms with Crippen LogP contribution in [0.2, 0.25) is 0 Å². The first-order valence-electron chi connectivity index (χ1n) is 6.42.